The third-order valence-corrected chi connectivity index (χ3v) is 4.52. The van der Waals surface area contributed by atoms with Crippen molar-refractivity contribution >= 4 is 34.3 Å². The number of carbonyl (C=O) groups is 1. The van der Waals surface area contributed by atoms with E-state index in [9.17, 15) is 10.1 Å². The average Bonchev–Trinajstić information content (AvgIpc) is 2.94. The first-order valence-corrected chi connectivity index (χ1v) is 8.15. The van der Waals surface area contributed by atoms with E-state index < -0.39 is 0 Å². The molecule has 0 bridgehead atoms. The third kappa shape index (κ3) is 2.59. The second-order valence-electron chi connectivity index (χ2n) is 5.51. The lowest BCUT2D eigenvalue weighted by Gasteiger charge is -2.09. The fourth-order valence-electron chi connectivity index (χ4n) is 2.96. The topological polar surface area (TPSA) is 70.0 Å². The Morgan fingerprint density at radius 3 is 2.88 bits per heavy atom. The largest absolute Gasteiger partial charge is 0.466 e. The molecule has 2 heterocycles. The number of aromatic nitrogens is 2. The van der Waals surface area contributed by atoms with Gasteiger partial charge in [-0.15, -0.1) is 0 Å². The van der Waals surface area contributed by atoms with Gasteiger partial charge in [-0.25, -0.2) is 4.98 Å². The molecule has 0 spiro atoms. The summed E-state index contributed by atoms with van der Waals surface area (Å²) in [5.74, 6) is -0.268. The predicted molar refractivity (Wildman–Crippen MR) is 90.9 cm³/mol. The minimum Gasteiger partial charge on any atom is -0.466 e. The maximum absolute atomic E-state index is 11.7. The van der Waals surface area contributed by atoms with Gasteiger partial charge in [0.15, 0.2) is 11.0 Å². The summed E-state index contributed by atoms with van der Waals surface area (Å²) in [5, 5.41) is 10.1. The molecule has 0 saturated carbocycles. The number of halogens is 1. The molecule has 3 rings (SSSR count). The molecule has 2 aromatic heterocycles. The first kappa shape index (κ1) is 16.3. The Hall–Kier alpha value is -2.58. The normalized spacial score (nSPS) is 10.9. The van der Waals surface area contributed by atoms with Crippen molar-refractivity contribution in [3.63, 3.8) is 0 Å². The molecule has 24 heavy (non-hydrogen) atoms. The van der Waals surface area contributed by atoms with E-state index in [0.717, 1.165) is 22.2 Å². The van der Waals surface area contributed by atoms with E-state index >= 15 is 0 Å². The maximum Gasteiger partial charge on any atom is 0.306 e. The molecule has 1 aromatic carbocycles. The molecule has 122 valence electrons. The summed E-state index contributed by atoms with van der Waals surface area (Å²) in [6, 6.07) is 9.97. The zero-order valence-electron chi connectivity index (χ0n) is 13.5. The van der Waals surface area contributed by atoms with Gasteiger partial charge in [0, 0.05) is 12.0 Å². The molecule has 3 aromatic rings. The maximum atomic E-state index is 11.7. The quantitative estimate of drug-likeness (QED) is 0.449. The Morgan fingerprint density at radius 1 is 1.42 bits per heavy atom. The van der Waals surface area contributed by atoms with Gasteiger partial charge in [0.2, 0.25) is 5.15 Å². The van der Waals surface area contributed by atoms with Crippen molar-refractivity contribution in [3.8, 4) is 6.07 Å². The molecule has 0 aliphatic heterocycles. The van der Waals surface area contributed by atoms with Crippen LogP contribution in [0.2, 0.25) is 5.15 Å². The van der Waals surface area contributed by atoms with E-state index in [4.69, 9.17) is 16.3 Å². The number of carbonyl (C=O) groups excluding carboxylic acids is 1. The number of nitrogens with zero attached hydrogens (tertiary/aromatic N) is 2. The van der Waals surface area contributed by atoms with Crippen molar-refractivity contribution < 1.29 is 13.9 Å². The summed E-state index contributed by atoms with van der Waals surface area (Å²) >= 11 is 6.64. The van der Waals surface area contributed by atoms with Crippen LogP contribution in [0.5, 0.6) is 0 Å². The van der Waals surface area contributed by atoms with Gasteiger partial charge in [-0.2, -0.15) is 9.66 Å². The lowest BCUT2D eigenvalue weighted by molar-refractivity contribution is -0.479. The van der Waals surface area contributed by atoms with E-state index in [1.54, 1.807) is 6.92 Å². The second kappa shape index (κ2) is 6.50. The molecule has 0 aliphatic carbocycles. The van der Waals surface area contributed by atoms with E-state index in [1.165, 1.54) is 0 Å². The van der Waals surface area contributed by atoms with Crippen LogP contribution in [-0.2, 0) is 16.0 Å². The number of nitrogens with one attached hydrogen (secondary N) is 1. The van der Waals surface area contributed by atoms with Crippen LogP contribution in [0, 0.1) is 18.3 Å². The number of nitriles is 1. The van der Waals surface area contributed by atoms with Crippen LogP contribution >= 0.6 is 11.6 Å². The van der Waals surface area contributed by atoms with Crippen LogP contribution in [0.3, 0.4) is 0 Å². The van der Waals surface area contributed by atoms with Crippen molar-refractivity contribution in [3.05, 3.63) is 46.1 Å². The number of aromatic amines is 1. The summed E-state index contributed by atoms with van der Waals surface area (Å²) in [7, 11) is 0. The van der Waals surface area contributed by atoms with Gasteiger partial charge in [-0.3, -0.25) is 4.79 Å². The minimum absolute atomic E-state index is 0.230. The molecule has 0 atom stereocenters. The van der Waals surface area contributed by atoms with Crippen molar-refractivity contribution in [2.45, 2.75) is 26.7 Å². The molecule has 0 saturated heterocycles. The number of benzene rings is 1. The van der Waals surface area contributed by atoms with Gasteiger partial charge in [0.1, 0.15) is 11.6 Å². The number of pyridine rings is 1. The number of para-hydroxylation sites is 2. The minimum atomic E-state index is -0.268. The van der Waals surface area contributed by atoms with Crippen molar-refractivity contribution in [2.75, 3.05) is 6.61 Å². The van der Waals surface area contributed by atoms with Crippen molar-refractivity contribution in [1.29, 1.82) is 5.26 Å². The zero-order valence-corrected chi connectivity index (χ0v) is 14.3. The third-order valence-electron chi connectivity index (χ3n) is 4.13. The molecule has 1 N–H and O–H groups in total. The summed E-state index contributed by atoms with van der Waals surface area (Å²) in [6.07, 6.45) is 0.661. The van der Waals surface area contributed by atoms with E-state index in [-0.39, 0.29) is 12.4 Å². The summed E-state index contributed by atoms with van der Waals surface area (Å²) in [4.78, 5) is 14.9. The first-order valence-electron chi connectivity index (χ1n) is 7.77. The van der Waals surface area contributed by atoms with E-state index in [2.05, 4.69) is 11.1 Å². The van der Waals surface area contributed by atoms with Crippen LogP contribution < -0.4 is 4.40 Å². The molecule has 0 fully saturated rings. The number of rotatable bonds is 4. The molecule has 5 nitrogen and oxygen atoms in total. The summed E-state index contributed by atoms with van der Waals surface area (Å²) in [6.45, 7) is 3.99. The molecule has 0 amide bonds. The van der Waals surface area contributed by atoms with Crippen molar-refractivity contribution in [1.82, 2.24) is 4.98 Å². The number of esters is 1. The van der Waals surface area contributed by atoms with E-state index in [1.807, 2.05) is 35.6 Å². The molecular weight excluding hydrogens is 326 g/mol. The Labute approximate surface area is 144 Å². The van der Waals surface area contributed by atoms with Gasteiger partial charge >= 0.3 is 11.6 Å². The van der Waals surface area contributed by atoms with Gasteiger partial charge < -0.3 is 4.74 Å². The Morgan fingerprint density at radius 2 is 2.17 bits per heavy atom. The number of ether oxygens (including phenoxy) is 1. The van der Waals surface area contributed by atoms with Crippen LogP contribution in [0.1, 0.15) is 30.0 Å². The monoisotopic (exact) mass is 342 g/mol. The molecule has 0 radical (unpaired) electrons. The Balaban J connectivity index is 2.21. The second-order valence-corrected chi connectivity index (χ2v) is 5.87. The molecular formula is C18H17ClN3O2+. The number of hydrogen-bond acceptors (Lipinski definition) is 3. The highest BCUT2D eigenvalue weighted by Crippen LogP contribution is 2.26. The molecule has 0 unspecified atom stereocenters. The highest BCUT2D eigenvalue weighted by Gasteiger charge is 2.25. The summed E-state index contributed by atoms with van der Waals surface area (Å²) < 4.78 is 6.82. The SMILES string of the molecule is CCOC(=O)CCc1c(C)c(C#N)c2[nH]c3ccccc3[n+]2c1Cl. The fourth-order valence-corrected chi connectivity index (χ4v) is 3.37. The van der Waals surface area contributed by atoms with Crippen LogP contribution in [0.15, 0.2) is 24.3 Å². The van der Waals surface area contributed by atoms with Gasteiger partial charge in [-0.05, 0) is 49.6 Å². The number of imidazole rings is 1. The standard InChI is InChI=1S/C18H16ClN3O2/c1-3-24-16(23)9-8-12-11(2)13(10-20)18-21-14-6-4-5-7-15(14)22(18)17(12)19/h4-7H,3,8-9H2,1-2H3/p+1. The van der Waals surface area contributed by atoms with E-state index in [0.29, 0.717) is 29.4 Å². The summed E-state index contributed by atoms with van der Waals surface area (Å²) in [5.41, 5.74) is 4.58. The molecule has 0 aliphatic rings. The zero-order chi connectivity index (χ0) is 17.3. The van der Waals surface area contributed by atoms with Gasteiger partial charge in [-0.1, -0.05) is 12.1 Å². The number of H-pyrrole nitrogens is 1. The predicted octanol–water partition coefficient (Wildman–Crippen LogP) is 3.24. The first-order chi connectivity index (χ1) is 11.6. The van der Waals surface area contributed by atoms with Gasteiger partial charge in [0.05, 0.1) is 6.61 Å². The fraction of sp³-hybridized carbons (Fsp3) is 0.278. The van der Waals surface area contributed by atoms with Gasteiger partial charge in [0.25, 0.3) is 0 Å². The highest BCUT2D eigenvalue weighted by molar-refractivity contribution is 6.29. The van der Waals surface area contributed by atoms with Crippen molar-refractivity contribution in [2.24, 2.45) is 0 Å². The van der Waals surface area contributed by atoms with Crippen LogP contribution in [0.25, 0.3) is 16.7 Å². The molecule has 6 heteroatoms. The Bertz CT molecular complexity index is 985. The van der Waals surface area contributed by atoms with Crippen LogP contribution in [0.4, 0.5) is 0 Å². The van der Waals surface area contributed by atoms with Crippen LogP contribution in [-0.4, -0.2) is 17.6 Å². The highest BCUT2D eigenvalue weighted by atomic mass is 35.5. The average molecular weight is 343 g/mol. The lowest BCUT2D eigenvalue weighted by Crippen LogP contribution is -2.26. The Kier molecular flexibility index (Phi) is 4.41. The lowest BCUT2D eigenvalue weighted by atomic mass is 10.0. The number of fused-ring (bicyclic) bond motifs is 3. The number of hydrogen-bond donors (Lipinski definition) is 1. The smallest absolute Gasteiger partial charge is 0.306 e.